The number of anilines is 1. The molecule has 4 nitrogen and oxygen atoms in total. The summed E-state index contributed by atoms with van der Waals surface area (Å²) in [5.41, 5.74) is 3.03. The molecule has 1 aromatic carbocycles. The van der Waals surface area contributed by atoms with Crippen LogP contribution in [-0.4, -0.2) is 11.7 Å². The van der Waals surface area contributed by atoms with Crippen LogP contribution in [0.5, 0.6) is 0 Å². The molecule has 0 bridgehead atoms. The molecular formula is C15H16FN3O. The predicted molar refractivity (Wildman–Crippen MR) is 73.9 cm³/mol. The van der Waals surface area contributed by atoms with E-state index >= 15 is 0 Å². The summed E-state index contributed by atoms with van der Waals surface area (Å²) in [6.07, 6.45) is 1.74. The number of benzene rings is 1. The van der Waals surface area contributed by atoms with Crippen molar-refractivity contribution >= 4 is 5.69 Å². The van der Waals surface area contributed by atoms with Gasteiger partial charge in [0.2, 0.25) is 0 Å². The summed E-state index contributed by atoms with van der Waals surface area (Å²) in [6.45, 7) is 4.52. The van der Waals surface area contributed by atoms with Crippen LogP contribution >= 0.6 is 0 Å². The quantitative estimate of drug-likeness (QED) is 0.849. The van der Waals surface area contributed by atoms with Crippen molar-refractivity contribution in [3.05, 3.63) is 46.6 Å². The Morgan fingerprint density at radius 2 is 2.20 bits per heavy atom. The Morgan fingerprint density at radius 3 is 2.85 bits per heavy atom. The highest BCUT2D eigenvalue weighted by atomic mass is 19.1. The maximum atomic E-state index is 13.0. The highest BCUT2D eigenvalue weighted by molar-refractivity contribution is 5.57. The van der Waals surface area contributed by atoms with Crippen molar-refractivity contribution in [3.8, 4) is 6.07 Å². The zero-order valence-corrected chi connectivity index (χ0v) is 11.5. The topological polar surface area (TPSA) is 61.9 Å². The van der Waals surface area contributed by atoms with Gasteiger partial charge in [0.05, 0.1) is 16.9 Å². The van der Waals surface area contributed by atoms with Crippen LogP contribution in [-0.2, 0) is 6.42 Å². The van der Waals surface area contributed by atoms with Crippen molar-refractivity contribution in [2.75, 3.05) is 11.9 Å². The molecule has 1 aromatic heterocycles. The normalized spacial score (nSPS) is 10.3. The summed E-state index contributed by atoms with van der Waals surface area (Å²) in [6, 6.07) is 6.15. The molecule has 20 heavy (non-hydrogen) atoms. The molecule has 2 rings (SSSR count). The minimum Gasteiger partial charge on any atom is -0.384 e. The number of hydrogen-bond donors (Lipinski definition) is 1. The largest absolute Gasteiger partial charge is 0.384 e. The number of nitrogens with zero attached hydrogens (tertiary/aromatic N) is 2. The van der Waals surface area contributed by atoms with Crippen molar-refractivity contribution in [2.24, 2.45) is 0 Å². The van der Waals surface area contributed by atoms with E-state index in [0.717, 1.165) is 29.9 Å². The molecule has 0 saturated carbocycles. The lowest BCUT2D eigenvalue weighted by atomic mass is 10.1. The van der Waals surface area contributed by atoms with E-state index in [0.29, 0.717) is 17.8 Å². The Labute approximate surface area is 117 Å². The number of aromatic nitrogens is 1. The number of hydrogen-bond acceptors (Lipinski definition) is 4. The van der Waals surface area contributed by atoms with E-state index in [9.17, 15) is 4.39 Å². The zero-order valence-electron chi connectivity index (χ0n) is 11.5. The maximum Gasteiger partial charge on any atom is 0.137 e. The molecule has 1 heterocycles. The molecule has 0 spiro atoms. The van der Waals surface area contributed by atoms with Crippen molar-refractivity contribution in [1.82, 2.24) is 5.16 Å². The lowest BCUT2D eigenvalue weighted by molar-refractivity contribution is 0.392. The molecule has 0 saturated heterocycles. The Bertz CT molecular complexity index is 624. The summed E-state index contributed by atoms with van der Waals surface area (Å²) in [5.74, 6) is 0.449. The third-order valence-corrected chi connectivity index (χ3v) is 3.20. The average Bonchev–Trinajstić information content (AvgIpc) is 2.76. The smallest absolute Gasteiger partial charge is 0.137 e. The van der Waals surface area contributed by atoms with Crippen LogP contribution in [0.15, 0.2) is 22.7 Å². The third-order valence-electron chi connectivity index (χ3n) is 3.20. The van der Waals surface area contributed by atoms with Crippen LogP contribution in [0.2, 0.25) is 0 Å². The summed E-state index contributed by atoms with van der Waals surface area (Å²) in [4.78, 5) is 0. The number of halogens is 1. The second kappa shape index (κ2) is 6.20. The van der Waals surface area contributed by atoms with E-state index in [1.165, 1.54) is 12.1 Å². The van der Waals surface area contributed by atoms with Gasteiger partial charge in [-0.3, -0.25) is 0 Å². The first kappa shape index (κ1) is 14.1. The van der Waals surface area contributed by atoms with Gasteiger partial charge in [0, 0.05) is 12.1 Å². The molecule has 0 aliphatic carbocycles. The fraction of sp³-hybridized carbons (Fsp3) is 0.333. The Kier molecular flexibility index (Phi) is 4.36. The summed E-state index contributed by atoms with van der Waals surface area (Å²) in [7, 11) is 0. The SMILES string of the molecule is Cc1noc(C)c1CCCNc1ccc(F)cc1C#N. The number of rotatable bonds is 5. The zero-order chi connectivity index (χ0) is 14.5. The van der Waals surface area contributed by atoms with Gasteiger partial charge in [-0.2, -0.15) is 5.26 Å². The second-order valence-corrected chi connectivity index (χ2v) is 4.63. The second-order valence-electron chi connectivity index (χ2n) is 4.63. The van der Waals surface area contributed by atoms with Crippen LogP contribution in [0.1, 0.15) is 29.0 Å². The third kappa shape index (κ3) is 3.15. The molecule has 0 aliphatic heterocycles. The summed E-state index contributed by atoms with van der Waals surface area (Å²) in [5, 5.41) is 16.0. The van der Waals surface area contributed by atoms with Crippen LogP contribution in [0, 0.1) is 31.0 Å². The van der Waals surface area contributed by atoms with Crippen molar-refractivity contribution in [3.63, 3.8) is 0 Å². The van der Waals surface area contributed by atoms with Crippen LogP contribution in [0.3, 0.4) is 0 Å². The monoisotopic (exact) mass is 273 g/mol. The van der Waals surface area contributed by atoms with Gasteiger partial charge in [-0.25, -0.2) is 4.39 Å². The van der Waals surface area contributed by atoms with Gasteiger partial charge >= 0.3 is 0 Å². The fourth-order valence-corrected chi connectivity index (χ4v) is 2.11. The number of nitriles is 1. The molecule has 104 valence electrons. The highest BCUT2D eigenvalue weighted by Gasteiger charge is 2.08. The molecule has 0 radical (unpaired) electrons. The predicted octanol–water partition coefficient (Wildman–Crippen LogP) is 3.35. The number of aryl methyl sites for hydroxylation is 2. The van der Waals surface area contributed by atoms with E-state index < -0.39 is 5.82 Å². The van der Waals surface area contributed by atoms with Gasteiger partial charge in [-0.05, 0) is 44.9 Å². The molecule has 0 amide bonds. The average molecular weight is 273 g/mol. The van der Waals surface area contributed by atoms with Gasteiger partial charge in [-0.1, -0.05) is 5.16 Å². The van der Waals surface area contributed by atoms with E-state index in [1.807, 2.05) is 19.9 Å². The summed E-state index contributed by atoms with van der Waals surface area (Å²) >= 11 is 0. The minimum absolute atomic E-state index is 0.322. The van der Waals surface area contributed by atoms with Crippen molar-refractivity contribution in [2.45, 2.75) is 26.7 Å². The molecule has 0 aliphatic rings. The van der Waals surface area contributed by atoms with Crippen molar-refractivity contribution < 1.29 is 8.91 Å². The summed E-state index contributed by atoms with van der Waals surface area (Å²) < 4.78 is 18.1. The molecule has 0 atom stereocenters. The molecule has 1 N–H and O–H groups in total. The molecule has 0 unspecified atom stereocenters. The molecule has 0 fully saturated rings. The van der Waals surface area contributed by atoms with E-state index in [-0.39, 0.29) is 0 Å². The first-order chi connectivity index (χ1) is 9.61. The molecule has 5 heteroatoms. The minimum atomic E-state index is -0.400. The lowest BCUT2D eigenvalue weighted by Crippen LogP contribution is -2.05. The first-order valence-corrected chi connectivity index (χ1v) is 6.47. The van der Waals surface area contributed by atoms with Gasteiger partial charge in [-0.15, -0.1) is 0 Å². The number of nitrogens with one attached hydrogen (secondary N) is 1. The Hall–Kier alpha value is -2.35. The van der Waals surface area contributed by atoms with Crippen LogP contribution < -0.4 is 5.32 Å². The van der Waals surface area contributed by atoms with E-state index in [2.05, 4.69) is 10.5 Å². The Balaban J connectivity index is 1.90. The van der Waals surface area contributed by atoms with Crippen LogP contribution in [0.4, 0.5) is 10.1 Å². The fourth-order valence-electron chi connectivity index (χ4n) is 2.11. The van der Waals surface area contributed by atoms with E-state index in [4.69, 9.17) is 9.78 Å². The molecular weight excluding hydrogens is 257 g/mol. The standard InChI is InChI=1S/C15H16FN3O/c1-10-14(11(2)20-19-10)4-3-7-18-15-6-5-13(16)8-12(15)9-17/h5-6,8,18H,3-4,7H2,1-2H3. The lowest BCUT2D eigenvalue weighted by Gasteiger charge is -2.08. The first-order valence-electron chi connectivity index (χ1n) is 6.47. The highest BCUT2D eigenvalue weighted by Crippen LogP contribution is 2.17. The van der Waals surface area contributed by atoms with Gasteiger partial charge in [0.25, 0.3) is 0 Å². The maximum absolute atomic E-state index is 13.0. The van der Waals surface area contributed by atoms with Gasteiger partial charge in [0.1, 0.15) is 17.6 Å². The Morgan fingerprint density at radius 1 is 1.40 bits per heavy atom. The van der Waals surface area contributed by atoms with E-state index in [1.54, 1.807) is 6.07 Å². The van der Waals surface area contributed by atoms with Crippen LogP contribution in [0.25, 0.3) is 0 Å². The van der Waals surface area contributed by atoms with Gasteiger partial charge < -0.3 is 9.84 Å². The molecule has 2 aromatic rings. The van der Waals surface area contributed by atoms with Gasteiger partial charge in [0.15, 0.2) is 0 Å². The van der Waals surface area contributed by atoms with Crippen molar-refractivity contribution in [1.29, 1.82) is 5.26 Å².